The van der Waals surface area contributed by atoms with E-state index in [1.807, 2.05) is 21.1 Å². The van der Waals surface area contributed by atoms with Crippen molar-refractivity contribution in [3.05, 3.63) is 85.1 Å². The number of allylic oxidation sites excluding steroid dienone is 14. The average Bonchev–Trinajstić information content (AvgIpc) is 3.20. The van der Waals surface area contributed by atoms with E-state index in [1.165, 1.54) is 57.8 Å². The molecule has 0 aromatic rings. The van der Waals surface area contributed by atoms with Crippen molar-refractivity contribution >= 4 is 13.7 Å². The Morgan fingerprint density at radius 1 is 0.583 bits per heavy atom. The summed E-state index contributed by atoms with van der Waals surface area (Å²) in [5.74, 6) is -0.163. The predicted molar refractivity (Wildman–Crippen MR) is 258 cm³/mol. The Labute approximate surface area is 369 Å². The lowest BCUT2D eigenvalue weighted by molar-refractivity contribution is -0.870. The molecule has 0 saturated carbocycles. The van der Waals surface area contributed by atoms with E-state index in [-0.39, 0.29) is 19.1 Å². The van der Waals surface area contributed by atoms with Gasteiger partial charge in [0.1, 0.15) is 13.2 Å². The van der Waals surface area contributed by atoms with Crippen LogP contribution in [-0.4, -0.2) is 73.4 Å². The van der Waals surface area contributed by atoms with Gasteiger partial charge >= 0.3 is 7.82 Å². The van der Waals surface area contributed by atoms with Gasteiger partial charge in [0.25, 0.3) is 0 Å². The summed E-state index contributed by atoms with van der Waals surface area (Å²) in [6.45, 7) is 4.72. The molecular formula is C51H92N2O6P+. The number of hydrogen-bond donors (Lipinski definition) is 3. The van der Waals surface area contributed by atoms with Gasteiger partial charge in [-0.05, 0) is 70.6 Å². The molecule has 1 amide bonds. The summed E-state index contributed by atoms with van der Waals surface area (Å²) in [7, 11) is 1.59. The van der Waals surface area contributed by atoms with E-state index >= 15 is 0 Å². The molecule has 0 spiro atoms. The Kier molecular flexibility index (Phi) is 40.4. The summed E-state index contributed by atoms with van der Waals surface area (Å²) in [4.78, 5) is 23.1. The molecule has 0 aromatic heterocycles. The van der Waals surface area contributed by atoms with E-state index in [1.54, 1.807) is 0 Å². The lowest BCUT2D eigenvalue weighted by Gasteiger charge is -2.26. The van der Waals surface area contributed by atoms with Gasteiger partial charge in [-0.15, -0.1) is 0 Å². The molecule has 9 heteroatoms. The minimum Gasteiger partial charge on any atom is -0.391 e. The first-order valence-electron chi connectivity index (χ1n) is 24.0. The van der Waals surface area contributed by atoms with E-state index in [2.05, 4.69) is 104 Å². The summed E-state index contributed by atoms with van der Waals surface area (Å²) < 4.78 is 23.6. The van der Waals surface area contributed by atoms with Gasteiger partial charge in [-0.2, -0.15) is 0 Å². The monoisotopic (exact) mass is 860 g/mol. The zero-order valence-electron chi connectivity index (χ0n) is 39.2. The number of phosphoric acid groups is 1. The van der Waals surface area contributed by atoms with Crippen LogP contribution in [0.1, 0.15) is 181 Å². The molecule has 8 nitrogen and oxygen atoms in total. The van der Waals surface area contributed by atoms with Gasteiger partial charge in [-0.1, -0.05) is 189 Å². The lowest BCUT2D eigenvalue weighted by Crippen LogP contribution is -2.46. The molecular weight excluding hydrogens is 768 g/mol. The molecule has 3 N–H and O–H groups in total. The highest BCUT2D eigenvalue weighted by Gasteiger charge is 2.28. The molecule has 0 aliphatic rings. The predicted octanol–water partition coefficient (Wildman–Crippen LogP) is 13.7. The molecule has 3 atom stereocenters. The fraction of sp³-hybridized carbons (Fsp3) is 0.706. The highest BCUT2D eigenvalue weighted by Crippen LogP contribution is 2.43. The number of amides is 1. The largest absolute Gasteiger partial charge is 0.472 e. The van der Waals surface area contributed by atoms with Gasteiger partial charge in [0.2, 0.25) is 5.91 Å². The van der Waals surface area contributed by atoms with Crippen LogP contribution in [0.15, 0.2) is 85.1 Å². The first-order chi connectivity index (χ1) is 29.0. The SMILES string of the molecule is CC/C=C\C/C=C\C/C=C\C/C=C\C/C=C\C/C=C\C/C=C\CCCCCCCCCC(=O)NC(COP(=O)(O)OCC[N+](C)(C)C)C(O)CCCCCCCCCCC. The number of unbranched alkanes of at least 4 members (excludes halogenated alkanes) is 15. The van der Waals surface area contributed by atoms with Crippen LogP contribution in [0.2, 0.25) is 0 Å². The Balaban J connectivity index is 4.19. The molecule has 0 radical (unpaired) electrons. The Hall–Kier alpha value is -2.32. The number of carbonyl (C=O) groups excluding carboxylic acids is 1. The number of rotatable bonds is 42. The van der Waals surface area contributed by atoms with Crippen LogP contribution < -0.4 is 5.32 Å². The van der Waals surface area contributed by atoms with Gasteiger partial charge in [0.15, 0.2) is 0 Å². The Morgan fingerprint density at radius 3 is 1.47 bits per heavy atom. The molecule has 0 heterocycles. The van der Waals surface area contributed by atoms with Crippen LogP contribution >= 0.6 is 7.82 Å². The molecule has 0 saturated heterocycles. The van der Waals surface area contributed by atoms with Crippen molar-refractivity contribution in [1.82, 2.24) is 5.32 Å². The zero-order valence-corrected chi connectivity index (χ0v) is 40.1. The number of likely N-dealkylation sites (N-methyl/N-ethyl adjacent to an activating group) is 1. The maximum absolute atomic E-state index is 12.9. The second-order valence-corrected chi connectivity index (χ2v) is 18.6. The van der Waals surface area contributed by atoms with Crippen LogP contribution in [-0.2, 0) is 18.4 Å². The topological polar surface area (TPSA) is 105 Å². The van der Waals surface area contributed by atoms with Crippen molar-refractivity contribution < 1.29 is 32.9 Å². The van der Waals surface area contributed by atoms with Gasteiger partial charge in [0.05, 0.1) is 39.9 Å². The van der Waals surface area contributed by atoms with Crippen molar-refractivity contribution in [2.24, 2.45) is 0 Å². The molecule has 0 aliphatic carbocycles. The minimum atomic E-state index is -4.32. The molecule has 60 heavy (non-hydrogen) atoms. The van der Waals surface area contributed by atoms with Crippen LogP contribution in [0.5, 0.6) is 0 Å². The smallest absolute Gasteiger partial charge is 0.391 e. The van der Waals surface area contributed by atoms with Crippen molar-refractivity contribution in [2.45, 2.75) is 193 Å². The van der Waals surface area contributed by atoms with Crippen molar-refractivity contribution in [3.8, 4) is 0 Å². The number of hydrogen-bond acceptors (Lipinski definition) is 5. The van der Waals surface area contributed by atoms with Crippen LogP contribution in [0, 0.1) is 0 Å². The summed E-state index contributed by atoms with van der Waals surface area (Å²) in [5, 5.41) is 13.9. The Bertz CT molecular complexity index is 1250. The lowest BCUT2D eigenvalue weighted by atomic mass is 10.0. The number of aliphatic hydroxyl groups is 1. The van der Waals surface area contributed by atoms with E-state index in [0.29, 0.717) is 23.9 Å². The summed E-state index contributed by atoms with van der Waals surface area (Å²) in [5.41, 5.74) is 0. The maximum Gasteiger partial charge on any atom is 0.472 e. The van der Waals surface area contributed by atoms with E-state index < -0.39 is 20.0 Å². The molecule has 0 rings (SSSR count). The second kappa shape index (κ2) is 42.0. The number of phosphoric ester groups is 1. The minimum absolute atomic E-state index is 0.0675. The van der Waals surface area contributed by atoms with Crippen molar-refractivity contribution in [1.29, 1.82) is 0 Å². The number of nitrogens with one attached hydrogen (secondary N) is 1. The number of quaternary nitrogens is 1. The second-order valence-electron chi connectivity index (χ2n) is 17.1. The third kappa shape index (κ3) is 43.8. The number of aliphatic hydroxyl groups excluding tert-OH is 1. The fourth-order valence-corrected chi connectivity index (χ4v) is 7.11. The van der Waals surface area contributed by atoms with E-state index in [9.17, 15) is 19.4 Å². The quantitative estimate of drug-likeness (QED) is 0.0244. The highest BCUT2D eigenvalue weighted by atomic mass is 31.2. The Morgan fingerprint density at radius 2 is 1.00 bits per heavy atom. The normalized spacial score (nSPS) is 15.0. The molecule has 346 valence electrons. The third-order valence-corrected chi connectivity index (χ3v) is 11.1. The van der Waals surface area contributed by atoms with Gasteiger partial charge in [-0.25, -0.2) is 4.57 Å². The molecule has 0 fully saturated rings. The van der Waals surface area contributed by atoms with Crippen LogP contribution in [0.3, 0.4) is 0 Å². The van der Waals surface area contributed by atoms with Gasteiger partial charge < -0.3 is 19.8 Å². The van der Waals surface area contributed by atoms with Crippen molar-refractivity contribution in [3.63, 3.8) is 0 Å². The average molecular weight is 860 g/mol. The maximum atomic E-state index is 12.9. The highest BCUT2D eigenvalue weighted by molar-refractivity contribution is 7.47. The van der Waals surface area contributed by atoms with Crippen LogP contribution in [0.4, 0.5) is 0 Å². The zero-order chi connectivity index (χ0) is 44.3. The molecule has 0 aromatic carbocycles. The van der Waals surface area contributed by atoms with E-state index in [4.69, 9.17) is 9.05 Å². The van der Waals surface area contributed by atoms with Gasteiger partial charge in [-0.3, -0.25) is 13.8 Å². The number of carbonyl (C=O) groups is 1. The van der Waals surface area contributed by atoms with E-state index in [0.717, 1.165) is 96.3 Å². The first kappa shape index (κ1) is 57.7. The summed E-state index contributed by atoms with van der Waals surface area (Å²) in [6, 6.07) is -0.770. The number of nitrogens with zero attached hydrogens (tertiary/aromatic N) is 1. The van der Waals surface area contributed by atoms with Gasteiger partial charge in [0, 0.05) is 6.42 Å². The van der Waals surface area contributed by atoms with Crippen LogP contribution in [0.25, 0.3) is 0 Å². The molecule has 3 unspecified atom stereocenters. The van der Waals surface area contributed by atoms with Crippen molar-refractivity contribution in [2.75, 3.05) is 40.9 Å². The standard InChI is InChI=1S/C51H91N2O6P/c1-6-8-10-12-14-16-17-18-19-20-21-22-23-24-25-26-27-28-29-30-31-32-33-34-35-37-39-41-43-45-51(55)52-49(48-59-60(56,57)58-47-46-53(3,4)5)50(54)44-42-40-38-36-15-13-11-9-7-2/h8,10,14,16,18-19,21-22,24-25,27-28,30-31,49-50,54H,6-7,9,11-13,15,17,20,23,26,29,32-48H2,1-5H3,(H-,52,55,56,57)/p+1/b10-8-,16-14-,19-18-,22-21-,25-24-,28-27-,31-30-. The summed E-state index contributed by atoms with van der Waals surface area (Å²) in [6.07, 6.45) is 57.7. The first-order valence-corrected chi connectivity index (χ1v) is 25.4. The summed E-state index contributed by atoms with van der Waals surface area (Å²) >= 11 is 0. The fourth-order valence-electron chi connectivity index (χ4n) is 6.38. The molecule has 0 aliphatic heterocycles. The molecule has 0 bridgehead atoms. The third-order valence-electron chi connectivity index (χ3n) is 10.2.